The number of carbonyl (C=O) groups excluding carboxylic acids is 1. The van der Waals surface area contributed by atoms with Gasteiger partial charge in [-0.3, -0.25) is 0 Å². The Morgan fingerprint density at radius 2 is 2.11 bits per heavy atom. The molecule has 0 amide bonds. The lowest BCUT2D eigenvalue weighted by Crippen LogP contribution is -2.20. The third-order valence-corrected chi connectivity index (χ3v) is 2.98. The van der Waals surface area contributed by atoms with Crippen molar-refractivity contribution in [2.75, 3.05) is 20.7 Å². The first-order chi connectivity index (χ1) is 8.93. The second kappa shape index (κ2) is 7.24. The van der Waals surface area contributed by atoms with Crippen molar-refractivity contribution in [3.63, 3.8) is 0 Å². The molecule has 19 heavy (non-hydrogen) atoms. The van der Waals surface area contributed by atoms with Gasteiger partial charge in [0.15, 0.2) is 0 Å². The Morgan fingerprint density at radius 3 is 2.63 bits per heavy atom. The fraction of sp³-hybridized carbons (Fsp3) is 0.533. The Labute approximate surface area is 114 Å². The minimum absolute atomic E-state index is 0.0175. The molecule has 1 rings (SSSR count). The number of esters is 1. The van der Waals surface area contributed by atoms with Gasteiger partial charge in [-0.15, -0.1) is 0 Å². The molecule has 0 saturated carbocycles. The molecule has 4 heteroatoms. The van der Waals surface area contributed by atoms with Crippen LogP contribution in [0.2, 0.25) is 0 Å². The van der Waals surface area contributed by atoms with Crippen molar-refractivity contribution < 1.29 is 13.9 Å². The molecule has 0 atom stereocenters. The third-order valence-electron chi connectivity index (χ3n) is 2.98. The SMILES string of the molecule is COC(=O)c1ccc(CN(C)CCC(C)C)cc1F. The van der Waals surface area contributed by atoms with Crippen LogP contribution in [-0.2, 0) is 11.3 Å². The summed E-state index contributed by atoms with van der Waals surface area (Å²) in [4.78, 5) is 13.4. The number of benzene rings is 1. The number of halogens is 1. The number of rotatable bonds is 6. The molecular weight excluding hydrogens is 245 g/mol. The van der Waals surface area contributed by atoms with Crippen molar-refractivity contribution in [2.24, 2.45) is 5.92 Å². The molecule has 0 radical (unpaired) electrons. The zero-order valence-electron chi connectivity index (χ0n) is 12.1. The monoisotopic (exact) mass is 267 g/mol. The summed E-state index contributed by atoms with van der Waals surface area (Å²) in [5, 5.41) is 0. The molecule has 1 aromatic rings. The van der Waals surface area contributed by atoms with Crippen LogP contribution in [0.3, 0.4) is 0 Å². The van der Waals surface area contributed by atoms with Crippen LogP contribution in [-0.4, -0.2) is 31.6 Å². The average molecular weight is 267 g/mol. The van der Waals surface area contributed by atoms with Gasteiger partial charge in [0.1, 0.15) is 5.82 Å². The average Bonchev–Trinajstić information content (AvgIpc) is 2.35. The van der Waals surface area contributed by atoms with E-state index in [1.54, 1.807) is 6.07 Å². The van der Waals surface area contributed by atoms with Crippen molar-refractivity contribution in [3.8, 4) is 0 Å². The molecule has 0 saturated heterocycles. The molecule has 0 heterocycles. The van der Waals surface area contributed by atoms with E-state index in [9.17, 15) is 9.18 Å². The van der Waals surface area contributed by atoms with Crippen LogP contribution in [0.5, 0.6) is 0 Å². The maximum atomic E-state index is 13.7. The summed E-state index contributed by atoms with van der Waals surface area (Å²) in [6, 6.07) is 4.64. The highest BCUT2D eigenvalue weighted by atomic mass is 19.1. The molecule has 0 fully saturated rings. The van der Waals surface area contributed by atoms with Crippen molar-refractivity contribution in [1.82, 2.24) is 4.90 Å². The van der Waals surface area contributed by atoms with Gasteiger partial charge in [-0.05, 0) is 43.6 Å². The largest absolute Gasteiger partial charge is 0.465 e. The summed E-state index contributed by atoms with van der Waals surface area (Å²) in [7, 11) is 3.25. The lowest BCUT2D eigenvalue weighted by atomic mass is 10.1. The molecule has 0 N–H and O–H groups in total. The number of nitrogens with zero attached hydrogens (tertiary/aromatic N) is 1. The Bertz CT molecular complexity index is 432. The van der Waals surface area contributed by atoms with Crippen molar-refractivity contribution in [3.05, 3.63) is 35.1 Å². The van der Waals surface area contributed by atoms with Crippen LogP contribution < -0.4 is 0 Å². The van der Waals surface area contributed by atoms with Gasteiger partial charge < -0.3 is 9.64 Å². The predicted molar refractivity (Wildman–Crippen MR) is 73.5 cm³/mol. The Morgan fingerprint density at radius 1 is 1.42 bits per heavy atom. The number of hydrogen-bond acceptors (Lipinski definition) is 3. The van der Waals surface area contributed by atoms with Gasteiger partial charge in [0, 0.05) is 6.54 Å². The van der Waals surface area contributed by atoms with Crippen LogP contribution in [0.4, 0.5) is 4.39 Å². The molecule has 0 spiro atoms. The van der Waals surface area contributed by atoms with Gasteiger partial charge in [0.05, 0.1) is 12.7 Å². The zero-order valence-corrected chi connectivity index (χ0v) is 12.1. The Hall–Kier alpha value is -1.42. The van der Waals surface area contributed by atoms with E-state index in [-0.39, 0.29) is 5.56 Å². The van der Waals surface area contributed by atoms with E-state index in [0.29, 0.717) is 12.5 Å². The quantitative estimate of drug-likeness (QED) is 0.742. The Balaban J connectivity index is 2.65. The van der Waals surface area contributed by atoms with Crippen molar-refractivity contribution >= 4 is 5.97 Å². The van der Waals surface area contributed by atoms with E-state index in [1.165, 1.54) is 19.2 Å². The highest BCUT2D eigenvalue weighted by molar-refractivity contribution is 5.89. The smallest absolute Gasteiger partial charge is 0.340 e. The summed E-state index contributed by atoms with van der Waals surface area (Å²) in [5.74, 6) is -0.514. The standard InChI is InChI=1S/C15H22FNO2/c1-11(2)7-8-17(3)10-12-5-6-13(14(16)9-12)15(18)19-4/h5-6,9,11H,7-8,10H2,1-4H3. The second-order valence-corrected chi connectivity index (χ2v) is 5.23. The van der Waals surface area contributed by atoms with Crippen LogP contribution in [0.15, 0.2) is 18.2 Å². The fourth-order valence-electron chi connectivity index (χ4n) is 1.80. The van der Waals surface area contributed by atoms with E-state index in [0.717, 1.165) is 18.5 Å². The van der Waals surface area contributed by atoms with Crippen molar-refractivity contribution in [2.45, 2.75) is 26.8 Å². The van der Waals surface area contributed by atoms with Gasteiger partial charge in [0.2, 0.25) is 0 Å². The first kappa shape index (κ1) is 15.6. The molecule has 1 aromatic carbocycles. The van der Waals surface area contributed by atoms with E-state index < -0.39 is 11.8 Å². The highest BCUT2D eigenvalue weighted by Gasteiger charge is 2.12. The summed E-state index contributed by atoms with van der Waals surface area (Å²) in [6.07, 6.45) is 1.11. The van der Waals surface area contributed by atoms with Gasteiger partial charge in [-0.25, -0.2) is 9.18 Å². The summed E-state index contributed by atoms with van der Waals surface area (Å²) >= 11 is 0. The molecule has 0 aromatic heterocycles. The molecule has 0 aliphatic carbocycles. The highest BCUT2D eigenvalue weighted by Crippen LogP contribution is 2.13. The first-order valence-electron chi connectivity index (χ1n) is 6.49. The predicted octanol–water partition coefficient (Wildman–Crippen LogP) is 3.09. The van der Waals surface area contributed by atoms with Gasteiger partial charge in [-0.2, -0.15) is 0 Å². The maximum absolute atomic E-state index is 13.7. The number of hydrogen-bond donors (Lipinski definition) is 0. The normalized spacial score (nSPS) is 11.1. The maximum Gasteiger partial charge on any atom is 0.340 e. The first-order valence-corrected chi connectivity index (χ1v) is 6.49. The molecule has 0 aliphatic rings. The van der Waals surface area contributed by atoms with Crippen molar-refractivity contribution in [1.29, 1.82) is 0 Å². The van der Waals surface area contributed by atoms with Crippen LogP contribution in [0.1, 0.15) is 36.2 Å². The summed E-state index contributed by atoms with van der Waals surface area (Å²) in [6.45, 7) is 6.00. The summed E-state index contributed by atoms with van der Waals surface area (Å²) in [5.41, 5.74) is 0.840. The lowest BCUT2D eigenvalue weighted by molar-refractivity contribution is 0.0595. The number of ether oxygens (including phenoxy) is 1. The van der Waals surface area contributed by atoms with E-state index >= 15 is 0 Å². The van der Waals surface area contributed by atoms with Gasteiger partial charge in [-0.1, -0.05) is 19.9 Å². The van der Waals surface area contributed by atoms with Crippen LogP contribution >= 0.6 is 0 Å². The third kappa shape index (κ3) is 4.99. The molecule has 0 bridgehead atoms. The van der Waals surface area contributed by atoms with E-state index in [4.69, 9.17) is 0 Å². The fourth-order valence-corrected chi connectivity index (χ4v) is 1.80. The number of carbonyl (C=O) groups is 1. The molecule has 3 nitrogen and oxygen atoms in total. The van der Waals surface area contributed by atoms with Crippen LogP contribution in [0, 0.1) is 11.7 Å². The van der Waals surface area contributed by atoms with Crippen LogP contribution in [0.25, 0.3) is 0 Å². The minimum atomic E-state index is -0.641. The molecule has 106 valence electrons. The minimum Gasteiger partial charge on any atom is -0.465 e. The molecule has 0 unspecified atom stereocenters. The van der Waals surface area contributed by atoms with E-state index in [1.807, 2.05) is 7.05 Å². The zero-order chi connectivity index (χ0) is 14.4. The Kier molecular flexibility index (Phi) is 5.96. The van der Waals surface area contributed by atoms with Gasteiger partial charge in [0.25, 0.3) is 0 Å². The van der Waals surface area contributed by atoms with Gasteiger partial charge >= 0.3 is 5.97 Å². The summed E-state index contributed by atoms with van der Waals surface area (Å²) < 4.78 is 18.2. The number of methoxy groups -OCH3 is 1. The van der Waals surface area contributed by atoms with E-state index in [2.05, 4.69) is 23.5 Å². The lowest BCUT2D eigenvalue weighted by Gasteiger charge is -2.18. The second-order valence-electron chi connectivity index (χ2n) is 5.23. The topological polar surface area (TPSA) is 29.5 Å². The molecule has 0 aliphatic heterocycles. The molecular formula is C15H22FNO2.